The predicted octanol–water partition coefficient (Wildman–Crippen LogP) is 5.62. The van der Waals surface area contributed by atoms with Crippen molar-refractivity contribution in [2.45, 2.75) is 26.7 Å². The van der Waals surface area contributed by atoms with Crippen LogP contribution < -0.4 is 10.1 Å². The summed E-state index contributed by atoms with van der Waals surface area (Å²) < 4.78 is 6.51. The van der Waals surface area contributed by atoms with Gasteiger partial charge in [0.2, 0.25) is 5.91 Å². The topological polar surface area (TPSA) is 38.3 Å². The molecule has 2 aromatic rings. The van der Waals surface area contributed by atoms with Crippen molar-refractivity contribution in [2.75, 3.05) is 11.9 Å². The van der Waals surface area contributed by atoms with E-state index in [1.165, 1.54) is 11.6 Å². The first-order valence-corrected chi connectivity index (χ1v) is 8.80. The molecule has 0 aliphatic heterocycles. The fourth-order valence-corrected chi connectivity index (χ4v) is 2.62. The van der Waals surface area contributed by atoms with Gasteiger partial charge in [-0.15, -0.1) is 0 Å². The van der Waals surface area contributed by atoms with E-state index in [-0.39, 0.29) is 5.91 Å². The summed E-state index contributed by atoms with van der Waals surface area (Å²) >= 11 is 3.44. The van der Waals surface area contributed by atoms with Gasteiger partial charge in [0.25, 0.3) is 0 Å². The molecule has 2 aromatic carbocycles. The minimum atomic E-state index is -0.172. The molecule has 0 fully saturated rings. The smallest absolute Gasteiger partial charge is 0.248 e. The van der Waals surface area contributed by atoms with E-state index in [9.17, 15) is 4.79 Å². The maximum Gasteiger partial charge on any atom is 0.248 e. The quantitative estimate of drug-likeness (QED) is 0.652. The molecule has 24 heavy (non-hydrogen) atoms. The number of rotatable bonds is 6. The van der Waals surface area contributed by atoms with Crippen LogP contribution in [0.4, 0.5) is 5.69 Å². The molecule has 0 unspecified atom stereocenters. The predicted molar refractivity (Wildman–Crippen MR) is 104 cm³/mol. The van der Waals surface area contributed by atoms with Gasteiger partial charge >= 0.3 is 0 Å². The Balaban J connectivity index is 2.06. The average Bonchev–Trinajstić information content (AvgIpc) is 2.55. The van der Waals surface area contributed by atoms with E-state index >= 15 is 0 Å². The Kier molecular flexibility index (Phi) is 6.62. The molecule has 126 valence electrons. The van der Waals surface area contributed by atoms with Crippen molar-refractivity contribution >= 4 is 33.6 Å². The molecule has 0 aliphatic rings. The number of ether oxygens (including phenoxy) is 1. The van der Waals surface area contributed by atoms with E-state index < -0.39 is 0 Å². The Morgan fingerprint density at radius 2 is 1.92 bits per heavy atom. The Bertz CT molecular complexity index is 721. The summed E-state index contributed by atoms with van der Waals surface area (Å²) in [5.74, 6) is 1.06. The summed E-state index contributed by atoms with van der Waals surface area (Å²) in [5.41, 5.74) is 2.89. The number of anilines is 1. The molecule has 0 spiro atoms. The second-order valence-electron chi connectivity index (χ2n) is 5.71. The third-order valence-corrected chi connectivity index (χ3v) is 4.02. The van der Waals surface area contributed by atoms with Crippen LogP contribution in [-0.4, -0.2) is 12.5 Å². The highest BCUT2D eigenvalue weighted by atomic mass is 79.9. The molecule has 0 saturated heterocycles. The van der Waals surface area contributed by atoms with Crippen LogP contribution in [0.3, 0.4) is 0 Å². The molecular formula is C20H22BrNO2. The fraction of sp³-hybridized carbons (Fsp3) is 0.250. The van der Waals surface area contributed by atoms with Gasteiger partial charge in [-0.3, -0.25) is 4.79 Å². The van der Waals surface area contributed by atoms with E-state index in [4.69, 9.17) is 4.74 Å². The maximum absolute atomic E-state index is 12.1. The van der Waals surface area contributed by atoms with E-state index in [2.05, 4.69) is 35.1 Å². The first-order chi connectivity index (χ1) is 11.5. The highest BCUT2D eigenvalue weighted by Crippen LogP contribution is 2.24. The Morgan fingerprint density at radius 3 is 2.54 bits per heavy atom. The lowest BCUT2D eigenvalue weighted by molar-refractivity contribution is -0.111. The van der Waals surface area contributed by atoms with Crippen LogP contribution in [-0.2, 0) is 4.79 Å². The van der Waals surface area contributed by atoms with Gasteiger partial charge in [0, 0.05) is 21.8 Å². The van der Waals surface area contributed by atoms with E-state index in [0.29, 0.717) is 12.5 Å². The molecule has 0 heterocycles. The molecule has 3 nitrogen and oxygen atoms in total. The number of nitrogens with one attached hydrogen (secondary N) is 1. The van der Waals surface area contributed by atoms with E-state index in [1.807, 2.05) is 49.4 Å². The van der Waals surface area contributed by atoms with Gasteiger partial charge in [0.15, 0.2) is 0 Å². The molecule has 0 saturated carbocycles. The zero-order valence-corrected chi connectivity index (χ0v) is 15.8. The Hall–Kier alpha value is -2.07. The van der Waals surface area contributed by atoms with Crippen LogP contribution in [0.5, 0.6) is 5.75 Å². The third kappa shape index (κ3) is 5.24. The van der Waals surface area contributed by atoms with Gasteiger partial charge in [-0.1, -0.05) is 41.9 Å². The lowest BCUT2D eigenvalue weighted by Crippen LogP contribution is -2.07. The van der Waals surface area contributed by atoms with Gasteiger partial charge < -0.3 is 10.1 Å². The molecule has 0 radical (unpaired) electrons. The molecule has 0 aliphatic carbocycles. The third-order valence-electron chi connectivity index (χ3n) is 3.53. The number of hydrogen-bond acceptors (Lipinski definition) is 2. The van der Waals surface area contributed by atoms with E-state index in [0.717, 1.165) is 21.5 Å². The molecule has 1 N–H and O–H groups in total. The molecule has 0 aromatic heterocycles. The standard InChI is InChI=1S/C20H22BrNO2/c1-4-24-19-11-8-17(21)13-16(19)7-12-20(23)22-18-9-5-15(6-10-18)14(2)3/h5-14H,4H2,1-3H3,(H,22,23)/b12-7+. The number of benzene rings is 2. The number of amides is 1. The first-order valence-electron chi connectivity index (χ1n) is 8.01. The zero-order chi connectivity index (χ0) is 17.5. The molecule has 2 rings (SSSR count). The normalized spacial score (nSPS) is 11.0. The van der Waals surface area contributed by atoms with Gasteiger partial charge in [0.05, 0.1) is 6.61 Å². The number of carbonyl (C=O) groups is 1. The molecule has 0 atom stereocenters. The van der Waals surface area contributed by atoms with Gasteiger partial charge in [-0.2, -0.15) is 0 Å². The van der Waals surface area contributed by atoms with Crippen molar-refractivity contribution in [3.63, 3.8) is 0 Å². The minimum Gasteiger partial charge on any atom is -0.493 e. The summed E-state index contributed by atoms with van der Waals surface area (Å²) in [7, 11) is 0. The SMILES string of the molecule is CCOc1ccc(Br)cc1/C=C/C(=O)Nc1ccc(C(C)C)cc1. The van der Waals surface area contributed by atoms with Gasteiger partial charge in [-0.25, -0.2) is 0 Å². The first kappa shape index (κ1) is 18.3. The minimum absolute atomic E-state index is 0.172. The van der Waals surface area contributed by atoms with Crippen LogP contribution in [0.1, 0.15) is 37.8 Å². The van der Waals surface area contributed by atoms with Crippen LogP contribution in [0.15, 0.2) is 53.0 Å². The average molecular weight is 388 g/mol. The van der Waals surface area contributed by atoms with Gasteiger partial charge in [0.1, 0.15) is 5.75 Å². The van der Waals surface area contributed by atoms with E-state index in [1.54, 1.807) is 6.08 Å². The monoisotopic (exact) mass is 387 g/mol. The Morgan fingerprint density at radius 1 is 1.21 bits per heavy atom. The molecule has 0 bridgehead atoms. The zero-order valence-electron chi connectivity index (χ0n) is 14.2. The summed E-state index contributed by atoms with van der Waals surface area (Å²) in [6, 6.07) is 13.6. The van der Waals surface area contributed by atoms with Crippen molar-refractivity contribution in [1.82, 2.24) is 0 Å². The maximum atomic E-state index is 12.1. The highest BCUT2D eigenvalue weighted by molar-refractivity contribution is 9.10. The van der Waals surface area contributed by atoms with Crippen LogP contribution >= 0.6 is 15.9 Å². The fourth-order valence-electron chi connectivity index (χ4n) is 2.24. The van der Waals surface area contributed by atoms with Crippen molar-refractivity contribution < 1.29 is 9.53 Å². The lowest BCUT2D eigenvalue weighted by atomic mass is 10.0. The van der Waals surface area contributed by atoms with Crippen LogP contribution in [0, 0.1) is 0 Å². The summed E-state index contributed by atoms with van der Waals surface area (Å²) in [5, 5.41) is 2.87. The van der Waals surface area contributed by atoms with Gasteiger partial charge in [-0.05, 0) is 54.8 Å². The molecule has 1 amide bonds. The van der Waals surface area contributed by atoms with Crippen LogP contribution in [0.2, 0.25) is 0 Å². The van der Waals surface area contributed by atoms with Crippen molar-refractivity contribution in [3.8, 4) is 5.75 Å². The van der Waals surface area contributed by atoms with Crippen molar-refractivity contribution in [2.24, 2.45) is 0 Å². The van der Waals surface area contributed by atoms with Crippen LogP contribution in [0.25, 0.3) is 6.08 Å². The lowest BCUT2D eigenvalue weighted by Gasteiger charge is -2.08. The van der Waals surface area contributed by atoms with Crippen molar-refractivity contribution in [3.05, 3.63) is 64.1 Å². The largest absolute Gasteiger partial charge is 0.493 e. The summed E-state index contributed by atoms with van der Waals surface area (Å²) in [6.07, 6.45) is 3.27. The molecular weight excluding hydrogens is 366 g/mol. The second-order valence-corrected chi connectivity index (χ2v) is 6.63. The number of hydrogen-bond donors (Lipinski definition) is 1. The van der Waals surface area contributed by atoms with Crippen molar-refractivity contribution in [1.29, 1.82) is 0 Å². The molecule has 4 heteroatoms. The highest BCUT2D eigenvalue weighted by Gasteiger charge is 2.04. The summed E-state index contributed by atoms with van der Waals surface area (Å²) in [4.78, 5) is 12.1. The second kappa shape index (κ2) is 8.69. The Labute approximate surface area is 151 Å². The number of carbonyl (C=O) groups excluding carboxylic acids is 1. The summed E-state index contributed by atoms with van der Waals surface area (Å²) in [6.45, 7) is 6.80. The number of halogens is 1.